The highest BCUT2D eigenvalue weighted by Gasteiger charge is 2.22. The van der Waals surface area contributed by atoms with Gasteiger partial charge in [0.25, 0.3) is 5.91 Å². The molecule has 1 amide bonds. The highest BCUT2D eigenvalue weighted by Crippen LogP contribution is 2.39. The second-order valence-corrected chi connectivity index (χ2v) is 10.1. The Bertz CT molecular complexity index is 1800. The Hall–Kier alpha value is -5.30. The van der Waals surface area contributed by atoms with Crippen LogP contribution in [0.5, 0.6) is 17.2 Å². The highest BCUT2D eigenvalue weighted by molar-refractivity contribution is 6.09. The second-order valence-electron chi connectivity index (χ2n) is 10.1. The number of hydrogen-bond donors (Lipinski definition) is 1. The molecule has 13 heteroatoms. The van der Waals surface area contributed by atoms with Gasteiger partial charge in [0.05, 0.1) is 30.7 Å². The molecule has 3 aromatic heterocycles. The van der Waals surface area contributed by atoms with Crippen LogP contribution in [0.25, 0.3) is 16.9 Å². The number of allylic oxidation sites excluding steroid dienone is 1. The van der Waals surface area contributed by atoms with Crippen LogP contribution in [-0.2, 0) is 18.2 Å². The van der Waals surface area contributed by atoms with E-state index >= 15 is 0 Å². The van der Waals surface area contributed by atoms with Crippen LogP contribution in [0.2, 0.25) is 0 Å². The van der Waals surface area contributed by atoms with Crippen molar-refractivity contribution >= 4 is 17.2 Å². The molecule has 4 heterocycles. The summed E-state index contributed by atoms with van der Waals surface area (Å²) in [5.41, 5.74) is 3.39. The van der Waals surface area contributed by atoms with Crippen molar-refractivity contribution < 1.29 is 27.8 Å². The van der Waals surface area contributed by atoms with Crippen LogP contribution in [0.15, 0.2) is 85.6 Å². The number of halogens is 2. The summed E-state index contributed by atoms with van der Waals surface area (Å²) in [6.07, 6.45) is 6.89. The van der Waals surface area contributed by atoms with E-state index in [1.54, 1.807) is 37.8 Å². The van der Waals surface area contributed by atoms with Gasteiger partial charge < -0.3 is 24.4 Å². The van der Waals surface area contributed by atoms with Gasteiger partial charge in [-0.15, -0.1) is 0 Å². The average molecular weight is 602 g/mol. The van der Waals surface area contributed by atoms with E-state index in [1.807, 2.05) is 24.3 Å². The second kappa shape index (κ2) is 12.5. The minimum Gasteiger partial charge on any atom is -0.457 e. The maximum Gasteiger partial charge on any atom is 0.387 e. The number of ether oxygens (including phenoxy) is 3. The SMILES string of the molecule is C=C(Cc1ccc(Oc2ccc(OC(F)F)c(-c3nn(C)cc3NC(=O)c3cnn4cccnc34)c2)cc1)N1CCOCC1. The molecular weight excluding hydrogens is 572 g/mol. The first-order chi connectivity index (χ1) is 21.3. The van der Waals surface area contributed by atoms with E-state index in [2.05, 4.69) is 32.0 Å². The lowest BCUT2D eigenvalue weighted by atomic mass is 10.1. The predicted molar refractivity (Wildman–Crippen MR) is 158 cm³/mol. The molecule has 1 saturated heterocycles. The zero-order chi connectivity index (χ0) is 30.6. The van der Waals surface area contributed by atoms with E-state index in [4.69, 9.17) is 14.2 Å². The molecule has 1 aliphatic rings. The van der Waals surface area contributed by atoms with Gasteiger partial charge in [-0.1, -0.05) is 18.7 Å². The third kappa shape index (κ3) is 6.37. The Morgan fingerprint density at radius 1 is 1.14 bits per heavy atom. The first-order valence-electron chi connectivity index (χ1n) is 13.8. The molecule has 1 aliphatic heterocycles. The van der Waals surface area contributed by atoms with E-state index in [1.165, 1.54) is 27.5 Å². The molecule has 1 N–H and O–H groups in total. The van der Waals surface area contributed by atoms with Gasteiger partial charge in [-0.25, -0.2) is 9.50 Å². The first kappa shape index (κ1) is 28.8. The smallest absolute Gasteiger partial charge is 0.387 e. The van der Waals surface area contributed by atoms with Crippen LogP contribution >= 0.6 is 0 Å². The highest BCUT2D eigenvalue weighted by atomic mass is 19.3. The summed E-state index contributed by atoms with van der Waals surface area (Å²) in [5, 5.41) is 11.4. The van der Waals surface area contributed by atoms with Gasteiger partial charge in [-0.2, -0.15) is 19.0 Å². The number of nitrogens with zero attached hydrogens (tertiary/aromatic N) is 6. The largest absolute Gasteiger partial charge is 0.457 e. The van der Waals surface area contributed by atoms with Crippen molar-refractivity contribution in [2.75, 3.05) is 31.6 Å². The van der Waals surface area contributed by atoms with Gasteiger partial charge in [-0.05, 0) is 42.0 Å². The van der Waals surface area contributed by atoms with Crippen LogP contribution in [-0.4, -0.2) is 68.1 Å². The Morgan fingerprint density at radius 3 is 2.68 bits per heavy atom. The van der Waals surface area contributed by atoms with Crippen LogP contribution in [0.1, 0.15) is 15.9 Å². The number of rotatable bonds is 10. The standard InChI is InChI=1S/C31H29F2N7O4/c1-20(39-12-14-42-15-13-39)16-21-4-6-22(7-5-21)43-23-8-9-27(44-31(32)33)24(17-23)28-26(19-38(2)37-28)36-30(41)25-18-35-40-11-3-10-34-29(25)40/h3-11,17-19,31H,1,12-16H2,2H3,(H,36,41). The number of fused-ring (bicyclic) bond motifs is 1. The van der Waals surface area contributed by atoms with Crippen LogP contribution in [0, 0.1) is 0 Å². The molecule has 226 valence electrons. The summed E-state index contributed by atoms with van der Waals surface area (Å²) in [6.45, 7) is 4.18. The molecule has 6 rings (SSSR count). The maximum absolute atomic E-state index is 13.4. The number of aryl methyl sites for hydroxylation is 1. The number of morpholine rings is 1. The number of amides is 1. The lowest BCUT2D eigenvalue weighted by molar-refractivity contribution is -0.0494. The number of nitrogens with one attached hydrogen (secondary N) is 1. The molecule has 0 aliphatic carbocycles. The number of anilines is 1. The molecule has 0 radical (unpaired) electrons. The molecule has 5 aromatic rings. The molecule has 0 unspecified atom stereocenters. The third-order valence-corrected chi connectivity index (χ3v) is 7.05. The summed E-state index contributed by atoms with van der Waals surface area (Å²) >= 11 is 0. The monoisotopic (exact) mass is 601 g/mol. The summed E-state index contributed by atoms with van der Waals surface area (Å²) in [4.78, 5) is 19.6. The van der Waals surface area contributed by atoms with Crippen molar-refractivity contribution in [2.24, 2.45) is 7.05 Å². The Balaban J connectivity index is 1.24. The fourth-order valence-electron chi connectivity index (χ4n) is 4.95. The summed E-state index contributed by atoms with van der Waals surface area (Å²) in [5.74, 6) is 0.292. The Morgan fingerprint density at radius 2 is 1.91 bits per heavy atom. The van der Waals surface area contributed by atoms with E-state index in [-0.39, 0.29) is 28.3 Å². The molecule has 0 saturated carbocycles. The quantitative estimate of drug-likeness (QED) is 0.234. The van der Waals surface area contributed by atoms with Crippen LogP contribution < -0.4 is 14.8 Å². The normalized spacial score (nSPS) is 13.3. The Labute approximate surface area is 251 Å². The molecule has 0 spiro atoms. The predicted octanol–water partition coefficient (Wildman–Crippen LogP) is 5.16. The zero-order valence-corrected chi connectivity index (χ0v) is 23.8. The van der Waals surface area contributed by atoms with Crippen LogP contribution in [0.4, 0.5) is 14.5 Å². The van der Waals surface area contributed by atoms with Crippen molar-refractivity contribution in [3.05, 3.63) is 96.7 Å². The molecule has 0 bridgehead atoms. The molecule has 0 atom stereocenters. The fourth-order valence-corrected chi connectivity index (χ4v) is 4.95. The van der Waals surface area contributed by atoms with Gasteiger partial charge >= 0.3 is 6.61 Å². The zero-order valence-electron chi connectivity index (χ0n) is 23.8. The molecule has 1 fully saturated rings. The van der Waals surface area contributed by atoms with E-state index in [9.17, 15) is 13.6 Å². The topological polar surface area (TPSA) is 108 Å². The summed E-state index contributed by atoms with van der Waals surface area (Å²) in [6, 6.07) is 13.7. The van der Waals surface area contributed by atoms with Crippen molar-refractivity contribution in [2.45, 2.75) is 13.0 Å². The summed E-state index contributed by atoms with van der Waals surface area (Å²) < 4.78 is 46.0. The number of hydrogen-bond acceptors (Lipinski definition) is 8. The number of aromatic nitrogens is 5. The van der Waals surface area contributed by atoms with Crippen molar-refractivity contribution in [1.82, 2.24) is 29.3 Å². The molecule has 2 aromatic carbocycles. The van der Waals surface area contributed by atoms with Crippen molar-refractivity contribution in [1.29, 1.82) is 0 Å². The summed E-state index contributed by atoms with van der Waals surface area (Å²) in [7, 11) is 1.65. The fraction of sp³-hybridized carbons (Fsp3) is 0.226. The minimum atomic E-state index is -3.08. The third-order valence-electron chi connectivity index (χ3n) is 7.05. The molecular formula is C31H29F2N7O4. The first-order valence-corrected chi connectivity index (χ1v) is 13.8. The van der Waals surface area contributed by atoms with Crippen LogP contribution in [0.3, 0.4) is 0 Å². The van der Waals surface area contributed by atoms with Gasteiger partial charge in [-0.3, -0.25) is 9.48 Å². The van der Waals surface area contributed by atoms with Crippen molar-refractivity contribution in [3.63, 3.8) is 0 Å². The molecule has 44 heavy (non-hydrogen) atoms. The lowest BCUT2D eigenvalue weighted by Gasteiger charge is -2.30. The number of carbonyl (C=O) groups is 1. The lowest BCUT2D eigenvalue weighted by Crippen LogP contribution is -2.35. The number of benzene rings is 2. The van der Waals surface area contributed by atoms with Gasteiger partial charge in [0.15, 0.2) is 5.65 Å². The number of alkyl halides is 2. The van der Waals surface area contributed by atoms with Gasteiger partial charge in [0.2, 0.25) is 0 Å². The Kier molecular flexibility index (Phi) is 8.19. The van der Waals surface area contributed by atoms with Gasteiger partial charge in [0.1, 0.15) is 28.5 Å². The van der Waals surface area contributed by atoms with Crippen molar-refractivity contribution in [3.8, 4) is 28.5 Å². The van der Waals surface area contributed by atoms with E-state index < -0.39 is 12.5 Å². The maximum atomic E-state index is 13.4. The number of carbonyl (C=O) groups excluding carboxylic acids is 1. The average Bonchev–Trinajstić information content (AvgIpc) is 3.62. The van der Waals surface area contributed by atoms with Gasteiger partial charge in [0, 0.05) is 50.8 Å². The molecule has 11 nitrogen and oxygen atoms in total. The van der Waals surface area contributed by atoms with E-state index in [0.717, 1.165) is 24.4 Å². The van der Waals surface area contributed by atoms with E-state index in [0.29, 0.717) is 36.8 Å². The minimum absolute atomic E-state index is 0.129.